The summed E-state index contributed by atoms with van der Waals surface area (Å²) in [5.74, 6) is -5.65. The van der Waals surface area contributed by atoms with Crippen molar-refractivity contribution >= 4 is 23.5 Å². The molecule has 0 saturated carbocycles. The van der Waals surface area contributed by atoms with Gasteiger partial charge >= 0.3 is 5.97 Å². The van der Waals surface area contributed by atoms with E-state index in [2.05, 4.69) is 15.3 Å². The molecule has 0 bridgehead atoms. The summed E-state index contributed by atoms with van der Waals surface area (Å²) >= 11 is 0. The molecule has 10 heteroatoms. The van der Waals surface area contributed by atoms with Crippen LogP contribution < -0.4 is 11.1 Å². The van der Waals surface area contributed by atoms with Gasteiger partial charge in [-0.25, -0.2) is 23.1 Å². The molecule has 0 aliphatic rings. The molecule has 188 valence electrons. The number of aryl methyl sites for hydroxylation is 2. The highest BCUT2D eigenvalue weighted by molar-refractivity contribution is 5.99. The predicted octanol–water partition coefficient (Wildman–Crippen LogP) is 4.78. The van der Waals surface area contributed by atoms with Gasteiger partial charge in [0.1, 0.15) is 5.82 Å². The number of hydrogen-bond acceptors (Lipinski definition) is 4. The normalized spacial score (nSPS) is 12.3. The van der Waals surface area contributed by atoms with E-state index in [4.69, 9.17) is 5.73 Å². The second-order valence-electron chi connectivity index (χ2n) is 8.41. The number of amidine groups is 1. The molecule has 0 fully saturated rings. The summed E-state index contributed by atoms with van der Waals surface area (Å²) in [6, 6.07) is 7.84. The van der Waals surface area contributed by atoms with E-state index in [1.807, 2.05) is 0 Å². The van der Waals surface area contributed by atoms with Gasteiger partial charge in [-0.1, -0.05) is 0 Å². The number of nitrogens with two attached hydrogens (primary N) is 1. The van der Waals surface area contributed by atoms with Crippen molar-refractivity contribution in [3.8, 4) is 11.1 Å². The van der Waals surface area contributed by atoms with Gasteiger partial charge in [0.15, 0.2) is 17.5 Å². The lowest BCUT2D eigenvalue weighted by atomic mass is 9.89. The quantitative estimate of drug-likeness (QED) is 0.305. The SMILES string of the molecule is C/C(N)=N/c1ncccc1C(=O)NCC(CC(=O)O)c1cc(-c2c(C)cc(F)cc2C)cc(F)c1F. The van der Waals surface area contributed by atoms with E-state index in [-0.39, 0.29) is 34.9 Å². The zero-order valence-corrected chi connectivity index (χ0v) is 19.9. The van der Waals surface area contributed by atoms with Crippen molar-refractivity contribution in [1.29, 1.82) is 0 Å². The Kier molecular flexibility index (Phi) is 8.08. The van der Waals surface area contributed by atoms with E-state index >= 15 is 0 Å². The fourth-order valence-electron chi connectivity index (χ4n) is 4.06. The zero-order valence-electron chi connectivity index (χ0n) is 19.9. The first kappa shape index (κ1) is 26.4. The number of aliphatic carboxylic acids is 1. The predicted molar refractivity (Wildman–Crippen MR) is 130 cm³/mol. The number of aromatic nitrogens is 1. The number of hydrogen-bond donors (Lipinski definition) is 3. The van der Waals surface area contributed by atoms with Crippen molar-refractivity contribution in [3.63, 3.8) is 0 Å². The first-order valence-corrected chi connectivity index (χ1v) is 11.0. The molecule has 1 unspecified atom stereocenters. The van der Waals surface area contributed by atoms with Crippen molar-refractivity contribution in [2.24, 2.45) is 10.7 Å². The van der Waals surface area contributed by atoms with Gasteiger partial charge in [0, 0.05) is 18.7 Å². The molecule has 2 aromatic carbocycles. The number of pyridine rings is 1. The maximum absolute atomic E-state index is 14.9. The first-order chi connectivity index (χ1) is 17.0. The number of benzene rings is 2. The van der Waals surface area contributed by atoms with Crippen molar-refractivity contribution in [2.45, 2.75) is 33.1 Å². The Morgan fingerprint density at radius 1 is 1.14 bits per heavy atom. The van der Waals surface area contributed by atoms with Gasteiger partial charge < -0.3 is 16.2 Å². The fourth-order valence-corrected chi connectivity index (χ4v) is 4.06. The van der Waals surface area contributed by atoms with E-state index in [0.717, 1.165) is 6.07 Å². The van der Waals surface area contributed by atoms with Crippen LogP contribution in [0, 0.1) is 31.3 Å². The number of aliphatic imine (C=N–C) groups is 1. The van der Waals surface area contributed by atoms with E-state index in [0.29, 0.717) is 16.7 Å². The second-order valence-corrected chi connectivity index (χ2v) is 8.41. The van der Waals surface area contributed by atoms with E-state index < -0.39 is 41.7 Å². The number of carbonyl (C=O) groups is 2. The molecule has 1 atom stereocenters. The Hall–Kier alpha value is -4.21. The summed E-state index contributed by atoms with van der Waals surface area (Å²) in [5, 5.41) is 12.0. The van der Waals surface area contributed by atoms with Crippen LogP contribution in [-0.2, 0) is 4.79 Å². The molecule has 0 radical (unpaired) electrons. The Balaban J connectivity index is 1.99. The minimum atomic E-state index is -1.26. The molecular formula is C26H25F3N4O3. The number of amides is 1. The molecule has 4 N–H and O–H groups in total. The minimum absolute atomic E-state index is 0.0614. The molecule has 0 saturated heterocycles. The molecule has 1 amide bonds. The van der Waals surface area contributed by atoms with Gasteiger partial charge in [0.25, 0.3) is 5.91 Å². The lowest BCUT2D eigenvalue weighted by Crippen LogP contribution is -2.30. The number of halogens is 3. The molecule has 7 nitrogen and oxygen atoms in total. The standard InChI is InChI=1S/C26H25F3N4O3/c1-13-7-18(27)8-14(2)23(13)16-9-20(24(29)21(28)10-16)17(11-22(34)35)12-32-26(36)19-5-4-6-31-25(19)33-15(3)30/h4-10,17H,11-12H2,1-3H3,(H,32,36)(H,34,35)(H2,30,31,33). The van der Waals surface area contributed by atoms with Crippen LogP contribution in [0.25, 0.3) is 11.1 Å². The maximum Gasteiger partial charge on any atom is 0.304 e. The molecule has 0 aliphatic heterocycles. The monoisotopic (exact) mass is 498 g/mol. The van der Waals surface area contributed by atoms with Gasteiger partial charge in [0.2, 0.25) is 0 Å². The molecule has 0 aliphatic carbocycles. The summed E-state index contributed by atoms with van der Waals surface area (Å²) in [5.41, 5.74) is 7.22. The summed E-state index contributed by atoms with van der Waals surface area (Å²) in [4.78, 5) is 32.4. The molecule has 1 aromatic heterocycles. The lowest BCUT2D eigenvalue weighted by molar-refractivity contribution is -0.137. The van der Waals surface area contributed by atoms with Crippen LogP contribution in [0.1, 0.15) is 46.3 Å². The Morgan fingerprint density at radius 3 is 2.42 bits per heavy atom. The molecular weight excluding hydrogens is 473 g/mol. The molecule has 1 heterocycles. The van der Waals surface area contributed by atoms with E-state index in [9.17, 15) is 27.9 Å². The van der Waals surface area contributed by atoms with Gasteiger partial charge in [-0.3, -0.25) is 9.59 Å². The number of carbonyl (C=O) groups excluding carboxylic acids is 1. The highest BCUT2D eigenvalue weighted by atomic mass is 19.2. The van der Waals surface area contributed by atoms with Crippen molar-refractivity contribution in [3.05, 3.63) is 82.3 Å². The summed E-state index contributed by atoms with van der Waals surface area (Å²) in [6.07, 6.45) is 0.844. The number of carboxylic acids is 1. The Labute approximate surface area is 205 Å². The van der Waals surface area contributed by atoms with Crippen LogP contribution in [0.2, 0.25) is 0 Å². The van der Waals surface area contributed by atoms with Crippen molar-refractivity contribution in [1.82, 2.24) is 10.3 Å². The summed E-state index contributed by atoms with van der Waals surface area (Å²) in [7, 11) is 0. The van der Waals surface area contributed by atoms with Crippen LogP contribution in [0.3, 0.4) is 0 Å². The third kappa shape index (κ3) is 6.07. The average molecular weight is 499 g/mol. The largest absolute Gasteiger partial charge is 0.481 e. The second kappa shape index (κ2) is 11.0. The van der Waals surface area contributed by atoms with E-state index in [1.165, 1.54) is 43.5 Å². The highest BCUT2D eigenvalue weighted by Crippen LogP contribution is 2.34. The third-order valence-electron chi connectivity index (χ3n) is 5.53. The molecule has 0 spiro atoms. The smallest absolute Gasteiger partial charge is 0.304 e. The maximum atomic E-state index is 14.9. The topological polar surface area (TPSA) is 118 Å². The molecule has 3 rings (SSSR count). The van der Waals surface area contributed by atoms with Gasteiger partial charge in [0.05, 0.1) is 17.8 Å². The Bertz CT molecular complexity index is 1330. The highest BCUT2D eigenvalue weighted by Gasteiger charge is 2.25. The van der Waals surface area contributed by atoms with Gasteiger partial charge in [-0.05, 0) is 85.0 Å². The van der Waals surface area contributed by atoms with Crippen LogP contribution >= 0.6 is 0 Å². The number of carboxylic acid groups (broad SMARTS) is 1. The van der Waals surface area contributed by atoms with Crippen LogP contribution in [0.15, 0.2) is 47.6 Å². The van der Waals surface area contributed by atoms with Crippen molar-refractivity contribution < 1.29 is 27.9 Å². The van der Waals surface area contributed by atoms with E-state index in [1.54, 1.807) is 13.8 Å². The lowest BCUT2D eigenvalue weighted by Gasteiger charge is -2.20. The van der Waals surface area contributed by atoms with Crippen LogP contribution in [0.5, 0.6) is 0 Å². The molecule has 36 heavy (non-hydrogen) atoms. The number of nitrogens with zero attached hydrogens (tertiary/aromatic N) is 2. The fraction of sp³-hybridized carbons (Fsp3) is 0.231. The number of rotatable bonds is 8. The van der Waals surface area contributed by atoms with Crippen LogP contribution in [-0.4, -0.2) is 34.3 Å². The number of nitrogens with one attached hydrogen (secondary N) is 1. The van der Waals surface area contributed by atoms with Gasteiger partial charge in [-0.15, -0.1) is 0 Å². The third-order valence-corrected chi connectivity index (χ3v) is 5.53. The molecule has 3 aromatic rings. The average Bonchev–Trinajstić information content (AvgIpc) is 2.77. The Morgan fingerprint density at radius 2 is 1.81 bits per heavy atom. The summed E-state index contributed by atoms with van der Waals surface area (Å²) in [6.45, 7) is 4.48. The first-order valence-electron chi connectivity index (χ1n) is 11.0. The van der Waals surface area contributed by atoms with Gasteiger partial charge in [-0.2, -0.15) is 0 Å². The van der Waals surface area contributed by atoms with Crippen molar-refractivity contribution in [2.75, 3.05) is 6.54 Å². The zero-order chi connectivity index (χ0) is 26.6. The minimum Gasteiger partial charge on any atom is -0.481 e. The van der Waals surface area contributed by atoms with Crippen LogP contribution in [0.4, 0.5) is 19.0 Å². The summed E-state index contributed by atoms with van der Waals surface area (Å²) < 4.78 is 43.4.